The first-order valence-electron chi connectivity index (χ1n) is 10.9. The van der Waals surface area contributed by atoms with Crippen LogP contribution in [0.15, 0.2) is 11.3 Å². The number of hydrogen-bond acceptors (Lipinski definition) is 4. The molecule has 0 aromatic carbocycles. The molecule has 0 saturated heterocycles. The van der Waals surface area contributed by atoms with Crippen molar-refractivity contribution in [3.63, 3.8) is 0 Å². The Hall–Kier alpha value is -1.65. The number of rotatable bonds is 1. The highest BCUT2D eigenvalue weighted by Gasteiger charge is 2.63. The van der Waals surface area contributed by atoms with E-state index in [1.54, 1.807) is 0 Å². The first kappa shape index (κ1) is 18.4. The predicted octanol–water partition coefficient (Wildman–Crippen LogP) is 5.13. The average Bonchev–Trinajstić information content (AvgIpc) is 2.90. The van der Waals surface area contributed by atoms with Crippen LogP contribution in [0, 0.1) is 34.5 Å². The normalized spacial score (nSPS) is 46.6. The highest BCUT2D eigenvalue weighted by Crippen LogP contribution is 2.67. The lowest BCUT2D eigenvalue weighted by molar-refractivity contribution is -0.139. The maximum absolute atomic E-state index is 11.1. The number of aromatic nitrogens is 2. The topological polar surface area (TPSA) is 94.8 Å². The lowest BCUT2D eigenvalue weighted by Gasteiger charge is -2.61. The summed E-state index contributed by atoms with van der Waals surface area (Å²) in [6.07, 6.45) is 10.9. The summed E-state index contributed by atoms with van der Waals surface area (Å²) in [5, 5.41) is 14.7. The zero-order valence-electron chi connectivity index (χ0n) is 17.2. The third kappa shape index (κ3) is 2.34. The van der Waals surface area contributed by atoms with Crippen molar-refractivity contribution >= 4 is 5.95 Å². The van der Waals surface area contributed by atoms with E-state index in [2.05, 4.69) is 40.8 Å². The summed E-state index contributed by atoms with van der Waals surface area (Å²) in [7, 11) is 0. The van der Waals surface area contributed by atoms with E-state index in [1.165, 1.54) is 31.2 Å². The Kier molecular flexibility index (Phi) is 3.89. The van der Waals surface area contributed by atoms with Gasteiger partial charge in [0.05, 0.1) is 5.60 Å². The van der Waals surface area contributed by atoms with E-state index in [1.807, 2.05) is 6.20 Å². The molecule has 0 radical (unpaired) electrons. The third-order valence-corrected chi connectivity index (χ3v) is 9.71. The molecule has 1 heterocycles. The molecule has 150 valence electrons. The lowest BCUT2D eigenvalue weighted by Crippen LogP contribution is -2.56. The Morgan fingerprint density at radius 3 is 2.71 bits per heavy atom. The van der Waals surface area contributed by atoms with Crippen LogP contribution in [0.2, 0.25) is 0 Å². The summed E-state index contributed by atoms with van der Waals surface area (Å²) in [5.41, 5.74) is 10.9. The number of nitrogens with zero attached hydrogens (tertiary/aromatic N) is 5. The first-order valence-corrected chi connectivity index (χ1v) is 10.9. The summed E-state index contributed by atoms with van der Waals surface area (Å²) in [4.78, 5) is 11.7. The van der Waals surface area contributed by atoms with Gasteiger partial charge in [-0.2, -0.15) is 0 Å². The van der Waals surface area contributed by atoms with E-state index in [4.69, 9.17) is 5.53 Å². The fourth-order valence-corrected chi connectivity index (χ4v) is 7.88. The van der Waals surface area contributed by atoms with Gasteiger partial charge in [0, 0.05) is 16.8 Å². The van der Waals surface area contributed by atoms with E-state index in [9.17, 15) is 5.11 Å². The molecule has 0 bridgehead atoms. The van der Waals surface area contributed by atoms with Crippen molar-refractivity contribution in [3.8, 4) is 0 Å². The molecular formula is C22H31N5O. The van der Waals surface area contributed by atoms with Crippen molar-refractivity contribution in [2.75, 3.05) is 0 Å². The Balaban J connectivity index is 1.48. The predicted molar refractivity (Wildman–Crippen MR) is 107 cm³/mol. The average molecular weight is 382 g/mol. The molecule has 6 nitrogen and oxygen atoms in total. The Bertz CT molecular complexity index is 862. The fraction of sp³-hybridized carbons (Fsp3) is 0.818. The Morgan fingerprint density at radius 2 is 1.93 bits per heavy atom. The van der Waals surface area contributed by atoms with Gasteiger partial charge in [-0.15, -0.1) is 0 Å². The van der Waals surface area contributed by atoms with Crippen molar-refractivity contribution in [1.82, 2.24) is 9.97 Å². The number of hydrogen-bond donors (Lipinski definition) is 1. The van der Waals surface area contributed by atoms with Crippen molar-refractivity contribution in [1.29, 1.82) is 0 Å². The van der Waals surface area contributed by atoms with Crippen LogP contribution in [-0.4, -0.2) is 20.7 Å². The first-order chi connectivity index (χ1) is 13.3. The smallest absolute Gasteiger partial charge is 0.216 e. The maximum Gasteiger partial charge on any atom is 0.216 e. The summed E-state index contributed by atoms with van der Waals surface area (Å²) >= 11 is 0. The fourth-order valence-electron chi connectivity index (χ4n) is 7.88. The Morgan fingerprint density at radius 1 is 1.14 bits per heavy atom. The van der Waals surface area contributed by atoms with Crippen molar-refractivity contribution < 1.29 is 5.11 Å². The molecule has 0 amide bonds. The molecule has 0 aliphatic heterocycles. The molecular weight excluding hydrogens is 350 g/mol. The van der Waals surface area contributed by atoms with E-state index in [0.29, 0.717) is 11.8 Å². The Labute approximate surface area is 166 Å². The quantitative estimate of drug-likeness (QED) is 0.415. The van der Waals surface area contributed by atoms with Gasteiger partial charge in [-0.05, 0) is 109 Å². The van der Waals surface area contributed by atoms with E-state index in [0.717, 1.165) is 43.2 Å². The molecule has 1 aromatic rings. The molecule has 6 heteroatoms. The van der Waals surface area contributed by atoms with Gasteiger partial charge < -0.3 is 5.11 Å². The number of aliphatic hydroxyl groups is 1. The van der Waals surface area contributed by atoms with E-state index < -0.39 is 5.60 Å². The van der Waals surface area contributed by atoms with Crippen LogP contribution in [0.1, 0.15) is 70.6 Å². The molecule has 5 rings (SSSR count). The second-order valence-corrected chi connectivity index (χ2v) is 10.6. The van der Waals surface area contributed by atoms with Crippen LogP contribution >= 0.6 is 0 Å². The standard InChI is InChI=1S/C22H31N5O/c1-20-11-13-12-24-19(26-27-23)25-18(13)10-14(20)4-5-15-16(20)6-8-21(2)17(15)7-9-22(21,3)28/h12,14-17,28H,4-11H2,1-3H3. The van der Waals surface area contributed by atoms with Gasteiger partial charge in [0.25, 0.3) is 0 Å². The van der Waals surface area contributed by atoms with E-state index >= 15 is 0 Å². The van der Waals surface area contributed by atoms with Gasteiger partial charge >= 0.3 is 0 Å². The molecule has 1 N–H and O–H groups in total. The minimum absolute atomic E-state index is 0.0806. The minimum Gasteiger partial charge on any atom is -0.390 e. The van der Waals surface area contributed by atoms with Gasteiger partial charge in [0.2, 0.25) is 5.95 Å². The van der Waals surface area contributed by atoms with Crippen molar-refractivity contribution in [3.05, 3.63) is 27.9 Å². The number of azide groups is 1. The third-order valence-electron chi connectivity index (χ3n) is 9.71. The molecule has 7 unspecified atom stereocenters. The lowest BCUT2D eigenvalue weighted by atomic mass is 9.44. The summed E-state index contributed by atoms with van der Waals surface area (Å²) in [5.74, 6) is 3.01. The van der Waals surface area contributed by atoms with Gasteiger partial charge in [-0.3, -0.25) is 0 Å². The highest BCUT2D eigenvalue weighted by molar-refractivity contribution is 5.30. The molecule has 1 aromatic heterocycles. The monoisotopic (exact) mass is 381 g/mol. The molecule has 3 fully saturated rings. The van der Waals surface area contributed by atoms with Crippen LogP contribution in [-0.2, 0) is 12.8 Å². The van der Waals surface area contributed by atoms with Crippen molar-refractivity contribution in [2.24, 2.45) is 39.6 Å². The second kappa shape index (κ2) is 5.93. The van der Waals surface area contributed by atoms with Gasteiger partial charge in [0.1, 0.15) is 0 Å². The zero-order chi connectivity index (χ0) is 19.7. The minimum atomic E-state index is -0.509. The van der Waals surface area contributed by atoms with Gasteiger partial charge in [-0.25, -0.2) is 9.97 Å². The highest BCUT2D eigenvalue weighted by atomic mass is 16.3. The molecule has 3 saturated carbocycles. The van der Waals surface area contributed by atoms with Crippen LogP contribution < -0.4 is 0 Å². The summed E-state index contributed by atoms with van der Waals surface area (Å²) in [6, 6.07) is 0. The molecule has 28 heavy (non-hydrogen) atoms. The van der Waals surface area contributed by atoms with E-state index in [-0.39, 0.29) is 16.8 Å². The largest absolute Gasteiger partial charge is 0.390 e. The van der Waals surface area contributed by atoms with Crippen LogP contribution in [0.3, 0.4) is 0 Å². The zero-order valence-corrected chi connectivity index (χ0v) is 17.2. The maximum atomic E-state index is 11.1. The van der Waals surface area contributed by atoms with Crippen LogP contribution in [0.4, 0.5) is 5.95 Å². The van der Waals surface area contributed by atoms with Crippen molar-refractivity contribution in [2.45, 2.75) is 77.7 Å². The molecule has 7 atom stereocenters. The van der Waals surface area contributed by atoms with Gasteiger partial charge in [-0.1, -0.05) is 13.8 Å². The van der Waals surface area contributed by atoms with Crippen LogP contribution in [0.5, 0.6) is 0 Å². The van der Waals surface area contributed by atoms with Gasteiger partial charge in [0.15, 0.2) is 0 Å². The van der Waals surface area contributed by atoms with Crippen LogP contribution in [0.25, 0.3) is 10.4 Å². The molecule has 4 aliphatic carbocycles. The molecule has 0 spiro atoms. The summed E-state index contributed by atoms with van der Waals surface area (Å²) < 4.78 is 0. The SMILES string of the molecule is CC12Cc3cnc(N=[N+]=[N-])nc3CC1CCC1C2CCC2(C)C1CCC2(C)O. The summed E-state index contributed by atoms with van der Waals surface area (Å²) in [6.45, 7) is 6.95. The molecule has 4 aliphatic rings. The number of fused-ring (bicyclic) bond motifs is 6. The second-order valence-electron chi connectivity index (χ2n) is 10.6.